The summed E-state index contributed by atoms with van der Waals surface area (Å²) in [6, 6.07) is 0. The van der Waals surface area contributed by atoms with Crippen LogP contribution in [0, 0.1) is 17.8 Å². The van der Waals surface area contributed by atoms with E-state index in [9.17, 15) is 0 Å². The summed E-state index contributed by atoms with van der Waals surface area (Å²) < 4.78 is 6.30. The Morgan fingerprint density at radius 2 is 2.00 bits per heavy atom. The molecule has 3 rings (SSSR count). The van der Waals surface area contributed by atoms with Crippen molar-refractivity contribution in [1.29, 1.82) is 0 Å². The van der Waals surface area contributed by atoms with Gasteiger partial charge in [-0.3, -0.25) is 0 Å². The summed E-state index contributed by atoms with van der Waals surface area (Å²) in [5.74, 6) is 2.81. The van der Waals surface area contributed by atoms with E-state index in [1.165, 1.54) is 44.9 Å². The molecule has 1 saturated heterocycles. The third kappa shape index (κ3) is 1.41. The zero-order valence-corrected chi connectivity index (χ0v) is 9.30. The maximum Gasteiger partial charge on any atom is 0.0708 e. The minimum absolute atomic E-state index is 0.311. The van der Waals surface area contributed by atoms with Gasteiger partial charge < -0.3 is 4.74 Å². The van der Waals surface area contributed by atoms with E-state index < -0.39 is 0 Å². The lowest BCUT2D eigenvalue weighted by Crippen LogP contribution is -2.42. The van der Waals surface area contributed by atoms with Crippen LogP contribution in [0.15, 0.2) is 0 Å². The zero-order chi connectivity index (χ0) is 9.60. The molecule has 0 bridgehead atoms. The van der Waals surface area contributed by atoms with Gasteiger partial charge in [0, 0.05) is 0 Å². The minimum Gasteiger partial charge on any atom is -0.374 e. The van der Waals surface area contributed by atoms with Gasteiger partial charge in [0.1, 0.15) is 0 Å². The van der Waals surface area contributed by atoms with Gasteiger partial charge >= 0.3 is 0 Å². The monoisotopic (exact) mass is 194 g/mol. The number of ether oxygens (including phenoxy) is 1. The minimum atomic E-state index is 0.311. The summed E-state index contributed by atoms with van der Waals surface area (Å²) in [6.07, 6.45) is 9.84. The van der Waals surface area contributed by atoms with Gasteiger partial charge in [-0.2, -0.15) is 0 Å². The molecule has 0 aromatic heterocycles. The van der Waals surface area contributed by atoms with Gasteiger partial charge in [0.05, 0.1) is 12.2 Å². The molecule has 0 N–H and O–H groups in total. The molecule has 1 heterocycles. The number of hydrogen-bond donors (Lipinski definition) is 0. The molecule has 3 fully saturated rings. The lowest BCUT2D eigenvalue weighted by Gasteiger charge is -2.42. The molecule has 0 radical (unpaired) electrons. The molecule has 0 aromatic carbocycles. The van der Waals surface area contributed by atoms with Gasteiger partial charge in [0.15, 0.2) is 0 Å². The molecule has 1 aliphatic heterocycles. The summed E-state index contributed by atoms with van der Waals surface area (Å²) in [5.41, 5.74) is 0.311. The van der Waals surface area contributed by atoms with Crippen molar-refractivity contribution in [1.82, 2.24) is 0 Å². The summed E-state index contributed by atoms with van der Waals surface area (Å²) in [5, 5.41) is 0. The Morgan fingerprint density at radius 3 is 2.86 bits per heavy atom. The maximum atomic E-state index is 6.30. The molecule has 80 valence electrons. The highest BCUT2D eigenvalue weighted by Gasteiger charge is 2.47. The Morgan fingerprint density at radius 1 is 1.07 bits per heavy atom. The highest BCUT2D eigenvalue weighted by molar-refractivity contribution is 4.97. The van der Waals surface area contributed by atoms with Gasteiger partial charge in [0.2, 0.25) is 0 Å². The first-order valence-electron chi connectivity index (χ1n) is 6.44. The first-order valence-corrected chi connectivity index (χ1v) is 6.44. The Bertz CT molecular complexity index is 211. The molecule has 0 aromatic rings. The zero-order valence-electron chi connectivity index (χ0n) is 9.30. The summed E-state index contributed by atoms with van der Waals surface area (Å²) in [7, 11) is 0. The van der Waals surface area contributed by atoms with Gasteiger partial charge in [-0.25, -0.2) is 0 Å². The van der Waals surface area contributed by atoms with Crippen LogP contribution >= 0.6 is 0 Å². The van der Waals surface area contributed by atoms with Crippen LogP contribution in [0.3, 0.4) is 0 Å². The quantitative estimate of drug-likeness (QED) is 0.574. The highest BCUT2D eigenvalue weighted by Crippen LogP contribution is 2.51. The summed E-state index contributed by atoms with van der Waals surface area (Å²) in [4.78, 5) is 0. The van der Waals surface area contributed by atoms with E-state index in [4.69, 9.17) is 4.74 Å². The van der Waals surface area contributed by atoms with Crippen LogP contribution in [0.4, 0.5) is 0 Å². The number of hydrogen-bond acceptors (Lipinski definition) is 1. The van der Waals surface area contributed by atoms with Gasteiger partial charge in [-0.1, -0.05) is 19.8 Å². The van der Waals surface area contributed by atoms with Crippen molar-refractivity contribution in [2.75, 3.05) is 6.61 Å². The number of rotatable bonds is 0. The first kappa shape index (κ1) is 9.21. The first-order chi connectivity index (χ1) is 6.80. The highest BCUT2D eigenvalue weighted by atomic mass is 16.5. The second-order valence-electron chi connectivity index (χ2n) is 5.82. The molecule has 3 aliphatic rings. The van der Waals surface area contributed by atoms with Crippen molar-refractivity contribution < 1.29 is 4.74 Å². The van der Waals surface area contributed by atoms with Crippen LogP contribution in [0.25, 0.3) is 0 Å². The molecule has 4 atom stereocenters. The SMILES string of the molecule is C[C@@H]1CCCC[C@]12CC[C@@H]1C[C@@H]1CO2. The Balaban J connectivity index is 1.73. The topological polar surface area (TPSA) is 9.23 Å². The average Bonchev–Trinajstić information content (AvgIpc) is 2.93. The van der Waals surface area contributed by atoms with Crippen molar-refractivity contribution in [3.8, 4) is 0 Å². The largest absolute Gasteiger partial charge is 0.374 e. The molecule has 1 heteroatoms. The van der Waals surface area contributed by atoms with E-state index in [2.05, 4.69) is 6.92 Å². The molecular formula is C13H22O. The van der Waals surface area contributed by atoms with E-state index >= 15 is 0 Å². The molecule has 14 heavy (non-hydrogen) atoms. The smallest absolute Gasteiger partial charge is 0.0708 e. The average molecular weight is 194 g/mol. The molecule has 1 spiro atoms. The Hall–Kier alpha value is -0.0400. The third-order valence-corrected chi connectivity index (χ3v) is 4.98. The normalized spacial score (nSPS) is 52.5. The van der Waals surface area contributed by atoms with Crippen LogP contribution in [0.5, 0.6) is 0 Å². The lowest BCUT2D eigenvalue weighted by atomic mass is 9.73. The standard InChI is InChI=1S/C13H22O/c1-10-4-2-3-6-13(10)7-5-11-8-12(11)9-14-13/h10-12H,2-9H2,1H3/t10-,11-,12-,13+/m1/s1. The fraction of sp³-hybridized carbons (Fsp3) is 1.00. The van der Waals surface area contributed by atoms with E-state index in [0.29, 0.717) is 5.60 Å². The van der Waals surface area contributed by atoms with E-state index in [1.807, 2.05) is 0 Å². The van der Waals surface area contributed by atoms with Crippen molar-refractivity contribution in [3.63, 3.8) is 0 Å². The van der Waals surface area contributed by atoms with E-state index in [-0.39, 0.29) is 0 Å². The molecule has 2 saturated carbocycles. The second-order valence-corrected chi connectivity index (χ2v) is 5.82. The lowest BCUT2D eigenvalue weighted by molar-refractivity contribution is -0.107. The van der Waals surface area contributed by atoms with Gasteiger partial charge in [-0.05, 0) is 49.9 Å². The molecule has 1 nitrogen and oxygen atoms in total. The van der Waals surface area contributed by atoms with Crippen LogP contribution in [0.2, 0.25) is 0 Å². The Kier molecular flexibility index (Phi) is 2.12. The van der Waals surface area contributed by atoms with Crippen LogP contribution in [0.1, 0.15) is 51.9 Å². The summed E-state index contributed by atoms with van der Waals surface area (Å²) in [6.45, 7) is 3.49. The van der Waals surface area contributed by atoms with E-state index in [0.717, 1.165) is 24.4 Å². The molecular weight excluding hydrogens is 172 g/mol. The second kappa shape index (κ2) is 3.23. The molecule has 2 aliphatic carbocycles. The predicted octanol–water partition coefficient (Wildman–Crippen LogP) is 3.38. The van der Waals surface area contributed by atoms with Crippen molar-refractivity contribution in [2.45, 2.75) is 57.5 Å². The Labute approximate surface area is 87.2 Å². The van der Waals surface area contributed by atoms with Gasteiger partial charge in [0.25, 0.3) is 0 Å². The fourth-order valence-electron chi connectivity index (χ4n) is 3.61. The molecule has 0 amide bonds. The summed E-state index contributed by atoms with van der Waals surface area (Å²) >= 11 is 0. The van der Waals surface area contributed by atoms with Crippen LogP contribution < -0.4 is 0 Å². The number of fused-ring (bicyclic) bond motifs is 1. The van der Waals surface area contributed by atoms with Gasteiger partial charge in [-0.15, -0.1) is 0 Å². The molecule has 0 unspecified atom stereocenters. The fourth-order valence-corrected chi connectivity index (χ4v) is 3.61. The van der Waals surface area contributed by atoms with Crippen LogP contribution in [-0.4, -0.2) is 12.2 Å². The maximum absolute atomic E-state index is 6.30. The third-order valence-electron chi connectivity index (χ3n) is 4.98. The van der Waals surface area contributed by atoms with Crippen molar-refractivity contribution in [2.24, 2.45) is 17.8 Å². The van der Waals surface area contributed by atoms with Crippen LogP contribution in [-0.2, 0) is 4.74 Å². The van der Waals surface area contributed by atoms with E-state index in [1.54, 1.807) is 0 Å². The predicted molar refractivity (Wildman–Crippen MR) is 57.1 cm³/mol. The van der Waals surface area contributed by atoms with Crippen molar-refractivity contribution in [3.05, 3.63) is 0 Å². The van der Waals surface area contributed by atoms with Crippen molar-refractivity contribution >= 4 is 0 Å².